The first-order valence-corrected chi connectivity index (χ1v) is 9.21. The van der Waals surface area contributed by atoms with Crippen molar-refractivity contribution in [1.29, 1.82) is 0 Å². The molecule has 2 N–H and O–H groups in total. The maximum atomic E-state index is 12.2. The van der Waals surface area contributed by atoms with E-state index in [1.165, 1.54) is 0 Å². The summed E-state index contributed by atoms with van der Waals surface area (Å²) in [6, 6.07) is 13.9. The molecule has 0 atom stereocenters. The van der Waals surface area contributed by atoms with Crippen molar-refractivity contribution in [3.63, 3.8) is 0 Å². The molecule has 0 radical (unpaired) electrons. The molecule has 23 heavy (non-hydrogen) atoms. The molecule has 0 aromatic heterocycles. The highest BCUT2D eigenvalue weighted by atomic mass is 35.5. The fourth-order valence-electron chi connectivity index (χ4n) is 2.04. The smallest absolute Gasteiger partial charge is 0.253 e. The van der Waals surface area contributed by atoms with Gasteiger partial charge in [-0.25, -0.2) is 8.42 Å². The van der Waals surface area contributed by atoms with Gasteiger partial charge in [-0.15, -0.1) is 0 Å². The summed E-state index contributed by atoms with van der Waals surface area (Å²) < 4.78 is 25.0. The molecule has 2 aromatic carbocycles. The predicted octanol–water partition coefficient (Wildman–Crippen LogP) is 2.68. The molecule has 5 nitrogen and oxygen atoms in total. The van der Waals surface area contributed by atoms with Crippen molar-refractivity contribution < 1.29 is 13.2 Å². The molecule has 0 aliphatic heterocycles. The second-order valence-corrected chi connectivity index (χ2v) is 7.24. The zero-order chi connectivity index (χ0) is 16.9. The number of anilines is 1. The Balaban J connectivity index is 1.99. The van der Waals surface area contributed by atoms with Crippen LogP contribution in [0.15, 0.2) is 48.5 Å². The average Bonchev–Trinajstić information content (AvgIpc) is 2.48. The van der Waals surface area contributed by atoms with E-state index in [9.17, 15) is 13.2 Å². The van der Waals surface area contributed by atoms with Crippen LogP contribution < -0.4 is 10.0 Å². The zero-order valence-electron chi connectivity index (χ0n) is 12.5. The van der Waals surface area contributed by atoms with Gasteiger partial charge in [0, 0.05) is 11.6 Å². The van der Waals surface area contributed by atoms with Gasteiger partial charge < -0.3 is 5.32 Å². The third-order valence-electron chi connectivity index (χ3n) is 3.08. The second kappa shape index (κ2) is 7.48. The van der Waals surface area contributed by atoms with Crippen molar-refractivity contribution in [1.82, 2.24) is 5.32 Å². The largest absolute Gasteiger partial charge is 0.352 e. The van der Waals surface area contributed by atoms with Crippen LogP contribution in [0.3, 0.4) is 0 Å². The van der Waals surface area contributed by atoms with Crippen molar-refractivity contribution >= 4 is 33.2 Å². The van der Waals surface area contributed by atoms with Gasteiger partial charge in [-0.05, 0) is 36.2 Å². The first-order valence-electron chi connectivity index (χ1n) is 6.94. The summed E-state index contributed by atoms with van der Waals surface area (Å²) in [5.74, 6) is -0.328. The molecular weight excluding hydrogens is 336 g/mol. The van der Waals surface area contributed by atoms with Crippen LogP contribution in [0.2, 0.25) is 5.02 Å². The number of benzene rings is 2. The highest BCUT2D eigenvalue weighted by Gasteiger charge is 2.13. The second-order valence-electron chi connectivity index (χ2n) is 5.05. The Morgan fingerprint density at radius 2 is 1.74 bits per heavy atom. The van der Waals surface area contributed by atoms with Crippen LogP contribution in [0, 0.1) is 0 Å². The Hall–Kier alpha value is -2.05. The maximum Gasteiger partial charge on any atom is 0.253 e. The standard InChI is InChI=1S/C16H17ClN2O3S/c1-23(21,22)19-15-5-3-2-4-14(15)16(20)18-11-10-12-6-8-13(17)9-7-12/h2-9,19H,10-11H2,1H3,(H,18,20). The molecule has 1 amide bonds. The molecule has 2 rings (SSSR count). The fraction of sp³-hybridized carbons (Fsp3) is 0.188. The van der Waals surface area contributed by atoms with E-state index in [1.54, 1.807) is 36.4 Å². The highest BCUT2D eigenvalue weighted by molar-refractivity contribution is 7.92. The fourth-order valence-corrected chi connectivity index (χ4v) is 2.74. The van der Waals surface area contributed by atoms with Gasteiger partial charge in [-0.1, -0.05) is 35.9 Å². The zero-order valence-corrected chi connectivity index (χ0v) is 14.1. The summed E-state index contributed by atoms with van der Waals surface area (Å²) in [7, 11) is -3.44. The molecule has 0 heterocycles. The third-order valence-corrected chi connectivity index (χ3v) is 3.92. The Kier molecular flexibility index (Phi) is 5.63. The molecule has 0 bridgehead atoms. The maximum absolute atomic E-state index is 12.2. The van der Waals surface area contributed by atoms with Crippen LogP contribution in [0.4, 0.5) is 5.69 Å². The number of amides is 1. The van der Waals surface area contributed by atoms with Gasteiger partial charge in [-0.2, -0.15) is 0 Å². The van der Waals surface area contributed by atoms with Crippen LogP contribution >= 0.6 is 11.6 Å². The molecule has 0 saturated heterocycles. The lowest BCUT2D eigenvalue weighted by Gasteiger charge is -2.11. The van der Waals surface area contributed by atoms with E-state index < -0.39 is 10.0 Å². The molecule has 2 aromatic rings. The van der Waals surface area contributed by atoms with Crippen LogP contribution in [0.25, 0.3) is 0 Å². The normalized spacial score (nSPS) is 11.0. The lowest BCUT2D eigenvalue weighted by Crippen LogP contribution is -2.27. The quantitative estimate of drug-likeness (QED) is 0.839. The van der Waals surface area contributed by atoms with Crippen LogP contribution in [-0.2, 0) is 16.4 Å². The lowest BCUT2D eigenvalue weighted by molar-refractivity contribution is 0.0955. The molecular formula is C16H17ClN2O3S. The minimum atomic E-state index is -3.44. The van der Waals surface area contributed by atoms with Crippen molar-refractivity contribution in [2.75, 3.05) is 17.5 Å². The van der Waals surface area contributed by atoms with Gasteiger partial charge in [0.1, 0.15) is 0 Å². The van der Waals surface area contributed by atoms with Crippen LogP contribution in [0.1, 0.15) is 15.9 Å². The van der Waals surface area contributed by atoms with Crippen molar-refractivity contribution in [3.05, 3.63) is 64.7 Å². The molecule has 0 saturated carbocycles. The number of nitrogens with one attached hydrogen (secondary N) is 2. The third kappa shape index (κ3) is 5.58. The van der Waals surface area contributed by atoms with Crippen molar-refractivity contribution in [2.24, 2.45) is 0 Å². The number of rotatable bonds is 6. The number of carbonyl (C=O) groups is 1. The Bertz CT molecular complexity index is 789. The molecule has 0 aliphatic carbocycles. The Labute approximate surface area is 140 Å². The van der Waals surface area contributed by atoms with Crippen molar-refractivity contribution in [2.45, 2.75) is 6.42 Å². The number of halogens is 1. The predicted molar refractivity (Wildman–Crippen MR) is 92.4 cm³/mol. The highest BCUT2D eigenvalue weighted by Crippen LogP contribution is 2.16. The van der Waals surface area contributed by atoms with Gasteiger partial charge in [0.25, 0.3) is 5.91 Å². The molecule has 0 unspecified atom stereocenters. The number of sulfonamides is 1. The van der Waals surface area contributed by atoms with Crippen LogP contribution in [-0.4, -0.2) is 27.1 Å². The molecule has 7 heteroatoms. The number of hydrogen-bond donors (Lipinski definition) is 2. The van der Waals surface area contributed by atoms with Gasteiger partial charge in [0.05, 0.1) is 17.5 Å². The Morgan fingerprint density at radius 1 is 1.09 bits per heavy atom. The first kappa shape index (κ1) is 17.3. The lowest BCUT2D eigenvalue weighted by atomic mass is 10.1. The van der Waals surface area contributed by atoms with E-state index in [2.05, 4.69) is 10.0 Å². The molecule has 0 spiro atoms. The summed E-state index contributed by atoms with van der Waals surface area (Å²) in [6.45, 7) is 0.438. The monoisotopic (exact) mass is 352 g/mol. The van der Waals surface area contributed by atoms with Gasteiger partial charge in [-0.3, -0.25) is 9.52 Å². The van der Waals surface area contributed by atoms with Crippen LogP contribution in [0.5, 0.6) is 0 Å². The summed E-state index contributed by atoms with van der Waals surface area (Å²) in [6.07, 6.45) is 1.70. The minimum absolute atomic E-state index is 0.263. The SMILES string of the molecule is CS(=O)(=O)Nc1ccccc1C(=O)NCCc1ccc(Cl)cc1. The number of carbonyl (C=O) groups excluding carboxylic acids is 1. The Morgan fingerprint density at radius 3 is 2.39 bits per heavy atom. The first-order chi connectivity index (χ1) is 10.8. The number of hydrogen-bond acceptors (Lipinski definition) is 3. The van der Waals surface area contributed by atoms with Crippen molar-refractivity contribution in [3.8, 4) is 0 Å². The molecule has 122 valence electrons. The summed E-state index contributed by atoms with van der Waals surface area (Å²) in [5.41, 5.74) is 1.60. The summed E-state index contributed by atoms with van der Waals surface area (Å²) >= 11 is 5.82. The van der Waals surface area contributed by atoms with E-state index in [4.69, 9.17) is 11.6 Å². The van der Waals surface area contributed by atoms with Gasteiger partial charge in [0.15, 0.2) is 0 Å². The summed E-state index contributed by atoms with van der Waals surface area (Å²) in [4.78, 5) is 12.2. The topological polar surface area (TPSA) is 75.3 Å². The molecule has 0 aliphatic rings. The van der Waals surface area contributed by atoms with E-state index in [1.807, 2.05) is 12.1 Å². The average molecular weight is 353 g/mol. The molecule has 0 fully saturated rings. The van der Waals surface area contributed by atoms with Gasteiger partial charge in [0.2, 0.25) is 10.0 Å². The minimum Gasteiger partial charge on any atom is -0.352 e. The number of para-hydroxylation sites is 1. The van der Waals surface area contributed by atoms with Gasteiger partial charge >= 0.3 is 0 Å². The van der Waals surface area contributed by atoms with E-state index in [0.29, 0.717) is 18.0 Å². The summed E-state index contributed by atoms with van der Waals surface area (Å²) in [5, 5.41) is 3.45. The van der Waals surface area contributed by atoms with E-state index >= 15 is 0 Å². The van der Waals surface area contributed by atoms with E-state index in [-0.39, 0.29) is 17.2 Å². The van der Waals surface area contributed by atoms with E-state index in [0.717, 1.165) is 11.8 Å².